The summed E-state index contributed by atoms with van der Waals surface area (Å²) in [4.78, 5) is 11.4. The summed E-state index contributed by atoms with van der Waals surface area (Å²) in [6, 6.07) is 0.648. The van der Waals surface area contributed by atoms with E-state index < -0.39 is 0 Å². The van der Waals surface area contributed by atoms with Gasteiger partial charge in [0.1, 0.15) is 17.5 Å². The molecule has 92 valence electrons. The molecule has 2 aliphatic carbocycles. The summed E-state index contributed by atoms with van der Waals surface area (Å²) < 4.78 is 0. The van der Waals surface area contributed by atoms with Gasteiger partial charge in [0.2, 0.25) is 0 Å². The van der Waals surface area contributed by atoms with Crippen molar-refractivity contribution >= 4 is 11.6 Å². The monoisotopic (exact) mass is 232 g/mol. The highest BCUT2D eigenvalue weighted by Gasteiger charge is 2.30. The van der Waals surface area contributed by atoms with E-state index in [1.165, 1.54) is 32.1 Å². The summed E-state index contributed by atoms with van der Waals surface area (Å²) in [7, 11) is 2.13. The third-order valence-electron chi connectivity index (χ3n) is 4.07. The fourth-order valence-corrected chi connectivity index (χ4v) is 2.35. The molecule has 0 aromatic carbocycles. The first-order valence-electron chi connectivity index (χ1n) is 6.53. The number of nitrogens with zero attached hydrogens (tertiary/aromatic N) is 3. The van der Waals surface area contributed by atoms with Gasteiger partial charge in [-0.1, -0.05) is 0 Å². The predicted molar refractivity (Wildman–Crippen MR) is 69.2 cm³/mol. The lowest BCUT2D eigenvalue weighted by Crippen LogP contribution is -2.38. The van der Waals surface area contributed by atoms with Crippen LogP contribution in [0, 0.1) is 6.92 Å². The van der Waals surface area contributed by atoms with Gasteiger partial charge in [0, 0.05) is 24.6 Å². The zero-order valence-electron chi connectivity index (χ0n) is 10.6. The zero-order chi connectivity index (χ0) is 12.0. The number of rotatable bonds is 3. The van der Waals surface area contributed by atoms with Crippen LogP contribution < -0.4 is 10.6 Å². The van der Waals surface area contributed by atoms with Gasteiger partial charge in [-0.3, -0.25) is 0 Å². The van der Waals surface area contributed by atoms with Gasteiger partial charge in [-0.25, -0.2) is 9.97 Å². The van der Waals surface area contributed by atoms with E-state index in [9.17, 15) is 0 Å². The molecule has 4 nitrogen and oxygen atoms in total. The number of aromatic nitrogens is 2. The van der Waals surface area contributed by atoms with Crippen LogP contribution in [0.4, 0.5) is 11.6 Å². The van der Waals surface area contributed by atoms with Crippen LogP contribution in [0.25, 0.3) is 0 Å². The molecule has 17 heavy (non-hydrogen) atoms. The molecule has 4 heteroatoms. The van der Waals surface area contributed by atoms with E-state index in [1.807, 2.05) is 6.92 Å². The van der Waals surface area contributed by atoms with Crippen molar-refractivity contribution in [1.82, 2.24) is 9.97 Å². The van der Waals surface area contributed by atoms with Crippen LogP contribution in [0.15, 0.2) is 0 Å². The molecule has 0 atom stereocenters. The quantitative estimate of drug-likeness (QED) is 0.868. The lowest BCUT2D eigenvalue weighted by molar-refractivity contribution is 0.398. The van der Waals surface area contributed by atoms with Gasteiger partial charge >= 0.3 is 0 Å². The van der Waals surface area contributed by atoms with E-state index in [0.29, 0.717) is 17.8 Å². The minimum Gasteiger partial charge on any atom is -0.383 e. The van der Waals surface area contributed by atoms with Crippen molar-refractivity contribution < 1.29 is 0 Å². The average Bonchev–Trinajstić information content (AvgIpc) is 3.02. The fourth-order valence-electron chi connectivity index (χ4n) is 2.35. The minimum atomic E-state index is 0.562. The molecule has 0 amide bonds. The molecule has 3 rings (SSSR count). The Balaban J connectivity index is 1.95. The van der Waals surface area contributed by atoms with Crippen molar-refractivity contribution in [2.75, 3.05) is 17.7 Å². The maximum Gasteiger partial charge on any atom is 0.137 e. The molecule has 0 bridgehead atoms. The number of hydrogen-bond acceptors (Lipinski definition) is 4. The molecular formula is C13H20N4. The number of hydrogen-bond donors (Lipinski definition) is 1. The summed E-state index contributed by atoms with van der Waals surface area (Å²) in [5.74, 6) is 3.22. The molecule has 0 unspecified atom stereocenters. The molecule has 0 aliphatic heterocycles. The second-order valence-corrected chi connectivity index (χ2v) is 5.39. The molecule has 1 aromatic rings. The summed E-state index contributed by atoms with van der Waals surface area (Å²) in [5.41, 5.74) is 7.04. The maximum atomic E-state index is 6.01. The van der Waals surface area contributed by atoms with Crippen LogP contribution in [-0.2, 0) is 0 Å². The molecule has 2 fully saturated rings. The molecule has 1 aromatic heterocycles. The van der Waals surface area contributed by atoms with Crippen LogP contribution in [0.5, 0.6) is 0 Å². The van der Waals surface area contributed by atoms with E-state index >= 15 is 0 Å². The lowest BCUT2D eigenvalue weighted by atomic mass is 9.92. The summed E-state index contributed by atoms with van der Waals surface area (Å²) in [5, 5.41) is 0. The Morgan fingerprint density at radius 3 is 2.41 bits per heavy atom. The topological polar surface area (TPSA) is 55.0 Å². The first kappa shape index (κ1) is 10.8. The van der Waals surface area contributed by atoms with Crippen molar-refractivity contribution in [3.05, 3.63) is 11.4 Å². The van der Waals surface area contributed by atoms with Crippen molar-refractivity contribution in [2.45, 2.75) is 51.0 Å². The zero-order valence-corrected chi connectivity index (χ0v) is 10.6. The smallest absolute Gasteiger partial charge is 0.137 e. The van der Waals surface area contributed by atoms with E-state index in [-0.39, 0.29) is 0 Å². The van der Waals surface area contributed by atoms with Crippen LogP contribution in [-0.4, -0.2) is 23.1 Å². The minimum absolute atomic E-state index is 0.562. The molecule has 0 radical (unpaired) electrons. The Morgan fingerprint density at radius 1 is 1.18 bits per heavy atom. The fraction of sp³-hybridized carbons (Fsp3) is 0.692. The Morgan fingerprint density at radius 2 is 1.88 bits per heavy atom. The first-order valence-corrected chi connectivity index (χ1v) is 6.53. The van der Waals surface area contributed by atoms with Gasteiger partial charge in [0.15, 0.2) is 0 Å². The first-order chi connectivity index (χ1) is 8.16. The number of anilines is 2. The van der Waals surface area contributed by atoms with E-state index in [1.54, 1.807) is 0 Å². The van der Waals surface area contributed by atoms with Crippen molar-refractivity contribution in [1.29, 1.82) is 0 Å². The highest BCUT2D eigenvalue weighted by Crippen LogP contribution is 2.40. The van der Waals surface area contributed by atoms with Gasteiger partial charge in [-0.2, -0.15) is 0 Å². The van der Waals surface area contributed by atoms with Gasteiger partial charge in [-0.05, 0) is 39.0 Å². The number of nitrogens with two attached hydrogens (primary N) is 1. The summed E-state index contributed by atoms with van der Waals surface area (Å²) in [6.45, 7) is 2.02. The standard InChI is InChI=1S/C13H20N4/c1-8-11(14)15-12(9-6-7-9)16-13(8)17(2)10-4-3-5-10/h9-10H,3-7H2,1-2H3,(H2,14,15,16). The largest absolute Gasteiger partial charge is 0.383 e. The van der Waals surface area contributed by atoms with Crippen LogP contribution in [0.1, 0.15) is 49.4 Å². The van der Waals surface area contributed by atoms with Gasteiger partial charge in [0.05, 0.1) is 0 Å². The Labute approximate surface area is 102 Å². The molecule has 1 heterocycles. The molecule has 2 aliphatic rings. The maximum absolute atomic E-state index is 6.01. The summed E-state index contributed by atoms with van der Waals surface area (Å²) in [6.07, 6.45) is 6.32. The highest BCUT2D eigenvalue weighted by molar-refractivity contribution is 5.57. The number of nitrogen functional groups attached to an aromatic ring is 1. The molecule has 2 saturated carbocycles. The molecule has 2 N–H and O–H groups in total. The Hall–Kier alpha value is -1.32. The third-order valence-corrected chi connectivity index (χ3v) is 4.07. The van der Waals surface area contributed by atoms with Crippen molar-refractivity contribution in [3.63, 3.8) is 0 Å². The Kier molecular flexibility index (Phi) is 2.45. The molecule has 0 saturated heterocycles. The van der Waals surface area contributed by atoms with E-state index in [2.05, 4.69) is 16.9 Å². The van der Waals surface area contributed by atoms with Crippen LogP contribution >= 0.6 is 0 Å². The highest BCUT2D eigenvalue weighted by atomic mass is 15.2. The normalized spacial score (nSPS) is 20.1. The second kappa shape index (κ2) is 3.86. The van der Waals surface area contributed by atoms with E-state index in [0.717, 1.165) is 17.2 Å². The van der Waals surface area contributed by atoms with Gasteiger partial charge < -0.3 is 10.6 Å². The second-order valence-electron chi connectivity index (χ2n) is 5.39. The molecular weight excluding hydrogens is 212 g/mol. The summed E-state index contributed by atoms with van der Waals surface area (Å²) >= 11 is 0. The van der Waals surface area contributed by atoms with Crippen molar-refractivity contribution in [2.24, 2.45) is 0 Å². The van der Waals surface area contributed by atoms with Crippen molar-refractivity contribution in [3.8, 4) is 0 Å². The molecule has 0 spiro atoms. The van der Waals surface area contributed by atoms with Crippen LogP contribution in [0.2, 0.25) is 0 Å². The third kappa shape index (κ3) is 1.85. The SMILES string of the molecule is Cc1c(N)nc(C2CC2)nc1N(C)C1CCC1. The van der Waals surface area contributed by atoms with Gasteiger partial charge in [-0.15, -0.1) is 0 Å². The van der Waals surface area contributed by atoms with Crippen LogP contribution in [0.3, 0.4) is 0 Å². The van der Waals surface area contributed by atoms with Gasteiger partial charge in [0.25, 0.3) is 0 Å². The predicted octanol–water partition coefficient (Wildman–Crippen LogP) is 2.23. The van der Waals surface area contributed by atoms with E-state index in [4.69, 9.17) is 10.7 Å². The average molecular weight is 232 g/mol. The lowest BCUT2D eigenvalue weighted by Gasteiger charge is -2.36. The Bertz CT molecular complexity index is 435.